The van der Waals surface area contributed by atoms with Crippen molar-refractivity contribution in [2.75, 3.05) is 26.7 Å². The van der Waals surface area contributed by atoms with E-state index >= 15 is 0 Å². The standard InChI is InChI=1S/C16H23NO3/c1-20-16(19)15(13-6-8-14(18)9-7-13)12-17-10-4-2-3-5-11-17/h6-9,15,18H,2-5,10-12H2,1H3. The van der Waals surface area contributed by atoms with Crippen molar-refractivity contribution in [1.29, 1.82) is 0 Å². The van der Waals surface area contributed by atoms with Crippen LogP contribution in [0.2, 0.25) is 0 Å². The third-order valence-corrected chi connectivity index (χ3v) is 3.92. The summed E-state index contributed by atoms with van der Waals surface area (Å²) in [7, 11) is 1.43. The van der Waals surface area contributed by atoms with Gasteiger partial charge in [0.15, 0.2) is 0 Å². The number of esters is 1. The molecule has 110 valence electrons. The number of likely N-dealkylation sites (tertiary alicyclic amines) is 1. The minimum atomic E-state index is -0.279. The minimum absolute atomic E-state index is 0.208. The Kier molecular flexibility index (Phi) is 5.41. The van der Waals surface area contributed by atoms with E-state index in [0.717, 1.165) is 18.7 Å². The number of methoxy groups -OCH3 is 1. The number of hydrogen-bond donors (Lipinski definition) is 1. The molecular formula is C16H23NO3. The SMILES string of the molecule is COC(=O)C(CN1CCCCCC1)c1ccc(O)cc1. The van der Waals surface area contributed by atoms with Crippen LogP contribution >= 0.6 is 0 Å². The van der Waals surface area contributed by atoms with E-state index in [9.17, 15) is 9.90 Å². The molecule has 1 saturated heterocycles. The second kappa shape index (κ2) is 7.29. The zero-order chi connectivity index (χ0) is 14.4. The van der Waals surface area contributed by atoms with Crippen LogP contribution in [-0.4, -0.2) is 42.7 Å². The summed E-state index contributed by atoms with van der Waals surface area (Å²) in [6.07, 6.45) is 4.95. The first kappa shape index (κ1) is 14.9. The van der Waals surface area contributed by atoms with Gasteiger partial charge in [0, 0.05) is 6.54 Å². The molecule has 0 amide bonds. The number of carbonyl (C=O) groups is 1. The van der Waals surface area contributed by atoms with Gasteiger partial charge in [-0.05, 0) is 43.6 Å². The molecule has 2 rings (SSSR count). The zero-order valence-corrected chi connectivity index (χ0v) is 12.0. The Labute approximate surface area is 120 Å². The lowest BCUT2D eigenvalue weighted by atomic mass is 9.98. The molecule has 1 heterocycles. The average Bonchev–Trinajstić information content (AvgIpc) is 2.74. The number of carbonyl (C=O) groups excluding carboxylic acids is 1. The second-order valence-corrected chi connectivity index (χ2v) is 5.38. The molecule has 0 radical (unpaired) electrons. The second-order valence-electron chi connectivity index (χ2n) is 5.38. The highest BCUT2D eigenvalue weighted by atomic mass is 16.5. The highest BCUT2D eigenvalue weighted by Gasteiger charge is 2.24. The Morgan fingerprint density at radius 1 is 1.20 bits per heavy atom. The van der Waals surface area contributed by atoms with E-state index in [1.807, 2.05) is 0 Å². The summed E-state index contributed by atoms with van der Waals surface area (Å²) in [6, 6.07) is 6.84. The van der Waals surface area contributed by atoms with Gasteiger partial charge in [-0.1, -0.05) is 25.0 Å². The van der Waals surface area contributed by atoms with Gasteiger partial charge in [0.2, 0.25) is 0 Å². The van der Waals surface area contributed by atoms with Gasteiger partial charge in [0.25, 0.3) is 0 Å². The smallest absolute Gasteiger partial charge is 0.314 e. The normalized spacial score (nSPS) is 18.2. The van der Waals surface area contributed by atoms with Gasteiger partial charge in [-0.3, -0.25) is 4.79 Å². The molecule has 20 heavy (non-hydrogen) atoms. The topological polar surface area (TPSA) is 49.8 Å². The van der Waals surface area contributed by atoms with Crippen LogP contribution in [0.3, 0.4) is 0 Å². The van der Waals surface area contributed by atoms with E-state index in [-0.39, 0.29) is 17.6 Å². The lowest BCUT2D eigenvalue weighted by Gasteiger charge is -2.25. The van der Waals surface area contributed by atoms with E-state index in [1.165, 1.54) is 32.8 Å². The summed E-state index contributed by atoms with van der Waals surface area (Å²) >= 11 is 0. The van der Waals surface area contributed by atoms with E-state index in [2.05, 4.69) is 4.90 Å². The van der Waals surface area contributed by atoms with Gasteiger partial charge in [0.1, 0.15) is 5.75 Å². The molecule has 1 fully saturated rings. The van der Waals surface area contributed by atoms with Gasteiger partial charge in [-0.2, -0.15) is 0 Å². The molecule has 1 aromatic rings. The molecule has 0 aliphatic carbocycles. The summed E-state index contributed by atoms with van der Waals surface area (Å²) in [5.74, 6) is -0.272. The van der Waals surface area contributed by atoms with E-state index < -0.39 is 0 Å². The van der Waals surface area contributed by atoms with Crippen molar-refractivity contribution in [3.63, 3.8) is 0 Å². The van der Waals surface area contributed by atoms with Crippen LogP contribution in [-0.2, 0) is 9.53 Å². The number of nitrogens with zero attached hydrogens (tertiary/aromatic N) is 1. The van der Waals surface area contributed by atoms with Crippen molar-refractivity contribution in [2.45, 2.75) is 31.6 Å². The Bertz CT molecular complexity index is 422. The first-order valence-corrected chi connectivity index (χ1v) is 7.30. The maximum Gasteiger partial charge on any atom is 0.314 e. The predicted molar refractivity (Wildman–Crippen MR) is 77.8 cm³/mol. The number of ether oxygens (including phenoxy) is 1. The fourth-order valence-electron chi connectivity index (χ4n) is 2.74. The summed E-state index contributed by atoms with van der Waals surface area (Å²) in [5.41, 5.74) is 0.902. The first-order chi connectivity index (χ1) is 9.70. The van der Waals surface area contributed by atoms with Crippen LogP contribution < -0.4 is 0 Å². The van der Waals surface area contributed by atoms with Crippen LogP contribution in [0.5, 0.6) is 5.75 Å². The molecule has 4 heteroatoms. The highest BCUT2D eigenvalue weighted by molar-refractivity contribution is 5.78. The summed E-state index contributed by atoms with van der Waals surface area (Å²) in [6.45, 7) is 2.79. The molecule has 0 spiro atoms. The molecule has 1 atom stereocenters. The molecule has 1 unspecified atom stereocenters. The molecular weight excluding hydrogens is 254 g/mol. The quantitative estimate of drug-likeness (QED) is 0.859. The number of rotatable bonds is 4. The van der Waals surface area contributed by atoms with Crippen LogP contribution in [0.25, 0.3) is 0 Å². The van der Waals surface area contributed by atoms with Gasteiger partial charge in [0.05, 0.1) is 13.0 Å². The minimum Gasteiger partial charge on any atom is -0.508 e. The summed E-state index contributed by atoms with van der Waals surface area (Å²) in [5, 5.41) is 9.37. The van der Waals surface area contributed by atoms with Crippen molar-refractivity contribution >= 4 is 5.97 Å². The molecule has 0 bridgehead atoms. The van der Waals surface area contributed by atoms with E-state index in [4.69, 9.17) is 4.74 Å². The third-order valence-electron chi connectivity index (χ3n) is 3.92. The fourth-order valence-corrected chi connectivity index (χ4v) is 2.74. The number of hydrogen-bond acceptors (Lipinski definition) is 4. The van der Waals surface area contributed by atoms with Gasteiger partial charge in [-0.25, -0.2) is 0 Å². The molecule has 1 aliphatic rings. The third kappa shape index (κ3) is 3.97. The van der Waals surface area contributed by atoms with Crippen molar-refractivity contribution in [1.82, 2.24) is 4.90 Å². The number of aromatic hydroxyl groups is 1. The first-order valence-electron chi connectivity index (χ1n) is 7.30. The van der Waals surface area contributed by atoms with Gasteiger partial charge < -0.3 is 14.7 Å². The van der Waals surface area contributed by atoms with Crippen molar-refractivity contribution < 1.29 is 14.6 Å². The van der Waals surface area contributed by atoms with Crippen LogP contribution in [0.1, 0.15) is 37.2 Å². The molecule has 0 aromatic heterocycles. The van der Waals surface area contributed by atoms with Crippen molar-refractivity contribution in [3.8, 4) is 5.75 Å². The molecule has 0 saturated carbocycles. The van der Waals surface area contributed by atoms with Crippen molar-refractivity contribution in [3.05, 3.63) is 29.8 Å². The van der Waals surface area contributed by atoms with Crippen LogP contribution in [0.15, 0.2) is 24.3 Å². The van der Waals surface area contributed by atoms with Crippen LogP contribution in [0.4, 0.5) is 0 Å². The van der Waals surface area contributed by atoms with E-state index in [0.29, 0.717) is 6.54 Å². The molecule has 1 aliphatic heterocycles. The predicted octanol–water partition coefficient (Wildman–Crippen LogP) is 2.52. The Morgan fingerprint density at radius 3 is 2.35 bits per heavy atom. The fraction of sp³-hybridized carbons (Fsp3) is 0.562. The lowest BCUT2D eigenvalue weighted by molar-refractivity contribution is -0.143. The number of phenolic OH excluding ortho intramolecular Hbond substituents is 1. The van der Waals surface area contributed by atoms with Gasteiger partial charge in [-0.15, -0.1) is 0 Å². The largest absolute Gasteiger partial charge is 0.508 e. The van der Waals surface area contributed by atoms with Gasteiger partial charge >= 0.3 is 5.97 Å². The Hall–Kier alpha value is -1.55. The Morgan fingerprint density at radius 2 is 1.80 bits per heavy atom. The molecule has 1 N–H and O–H groups in total. The zero-order valence-electron chi connectivity index (χ0n) is 12.0. The maximum absolute atomic E-state index is 12.0. The number of benzene rings is 1. The average molecular weight is 277 g/mol. The molecule has 1 aromatic carbocycles. The van der Waals surface area contributed by atoms with Crippen LogP contribution in [0, 0.1) is 0 Å². The lowest BCUT2D eigenvalue weighted by Crippen LogP contribution is -2.33. The Balaban J connectivity index is 2.10. The molecule has 4 nitrogen and oxygen atoms in total. The monoisotopic (exact) mass is 277 g/mol. The summed E-state index contributed by atoms with van der Waals surface area (Å²) in [4.78, 5) is 14.4. The highest BCUT2D eigenvalue weighted by Crippen LogP contribution is 2.23. The maximum atomic E-state index is 12.0. The summed E-state index contributed by atoms with van der Waals surface area (Å²) < 4.78 is 4.94. The number of phenols is 1. The van der Waals surface area contributed by atoms with E-state index in [1.54, 1.807) is 24.3 Å². The van der Waals surface area contributed by atoms with Crippen molar-refractivity contribution in [2.24, 2.45) is 0 Å².